The predicted octanol–water partition coefficient (Wildman–Crippen LogP) is 1.93. The van der Waals surface area contributed by atoms with Gasteiger partial charge < -0.3 is 20.7 Å². The first-order valence-electron chi connectivity index (χ1n) is 10.5. The van der Waals surface area contributed by atoms with E-state index in [4.69, 9.17) is 25.4 Å². The Hall–Kier alpha value is -4.18. The molecule has 0 spiro atoms. The summed E-state index contributed by atoms with van der Waals surface area (Å²) in [6.45, 7) is 2.69. The number of carbonyl (C=O) groups is 1. The number of hydrogen-bond acceptors (Lipinski definition) is 9. The average Bonchev–Trinajstić information content (AvgIpc) is 2.88. The monoisotopic (exact) mass is 442 g/mol. The van der Waals surface area contributed by atoms with E-state index >= 15 is 0 Å². The Morgan fingerprint density at radius 3 is 2.36 bits per heavy atom. The molecule has 1 aliphatic rings. The number of nitrogen functional groups attached to an aromatic ring is 1. The van der Waals surface area contributed by atoms with Gasteiger partial charge in [-0.2, -0.15) is 0 Å². The highest BCUT2D eigenvalue weighted by Crippen LogP contribution is 2.29. The summed E-state index contributed by atoms with van der Waals surface area (Å²) in [5.41, 5.74) is 10.1. The smallest absolute Gasteiger partial charge is 0.251 e. The molecule has 10 nitrogen and oxygen atoms in total. The number of aromatic nitrogens is 5. The van der Waals surface area contributed by atoms with Gasteiger partial charge in [-0.1, -0.05) is 12.1 Å². The van der Waals surface area contributed by atoms with Gasteiger partial charge in [-0.15, -0.1) is 0 Å². The van der Waals surface area contributed by atoms with E-state index in [-0.39, 0.29) is 11.9 Å². The second-order valence-electron chi connectivity index (χ2n) is 7.55. The normalized spacial score (nSPS) is 13.8. The Labute approximate surface area is 189 Å². The van der Waals surface area contributed by atoms with E-state index in [0.29, 0.717) is 54.3 Å². The van der Waals surface area contributed by atoms with Crippen LogP contribution in [0.2, 0.25) is 0 Å². The zero-order valence-electron chi connectivity index (χ0n) is 18.0. The molecule has 4 aromatic rings. The van der Waals surface area contributed by atoms with Gasteiger partial charge in [-0.3, -0.25) is 9.78 Å². The molecule has 0 aliphatic carbocycles. The summed E-state index contributed by atoms with van der Waals surface area (Å²) in [7, 11) is 1.61. The number of ether oxygens (including phenoxy) is 1. The van der Waals surface area contributed by atoms with Crippen LogP contribution in [0.15, 0.2) is 48.9 Å². The molecule has 1 saturated heterocycles. The van der Waals surface area contributed by atoms with Gasteiger partial charge in [0.15, 0.2) is 11.6 Å². The molecule has 1 aromatic carbocycles. The predicted molar refractivity (Wildman–Crippen MR) is 125 cm³/mol. The van der Waals surface area contributed by atoms with Crippen LogP contribution < -0.4 is 16.0 Å². The van der Waals surface area contributed by atoms with Crippen molar-refractivity contribution in [3.63, 3.8) is 0 Å². The Bertz CT molecular complexity index is 1300. The molecule has 3 aromatic heterocycles. The topological polar surface area (TPSA) is 132 Å². The van der Waals surface area contributed by atoms with Crippen molar-refractivity contribution in [3.8, 4) is 22.5 Å². The third kappa shape index (κ3) is 4.15. The first-order chi connectivity index (χ1) is 16.1. The highest BCUT2D eigenvalue weighted by molar-refractivity contribution is 5.95. The number of nitrogens with two attached hydrogens (primary N) is 1. The van der Waals surface area contributed by atoms with Crippen LogP contribution in [-0.2, 0) is 4.74 Å². The van der Waals surface area contributed by atoms with E-state index in [1.54, 1.807) is 37.8 Å². The van der Waals surface area contributed by atoms with Gasteiger partial charge in [-0.05, 0) is 23.8 Å². The summed E-state index contributed by atoms with van der Waals surface area (Å²) < 4.78 is 5.50. The van der Waals surface area contributed by atoms with Gasteiger partial charge in [0.2, 0.25) is 5.95 Å². The first kappa shape index (κ1) is 20.7. The SMILES string of the molecule is CNC(=O)c1ccc(-c2cnc3c(N4CCOCC4)nc(-c4cnc(N)nc4)nc3c2)cc1. The van der Waals surface area contributed by atoms with Crippen molar-refractivity contribution in [1.29, 1.82) is 0 Å². The second kappa shape index (κ2) is 8.75. The van der Waals surface area contributed by atoms with E-state index in [2.05, 4.69) is 20.2 Å². The molecule has 10 heteroatoms. The van der Waals surface area contributed by atoms with Crippen LogP contribution in [-0.4, -0.2) is 64.2 Å². The molecule has 0 bridgehead atoms. The molecule has 3 N–H and O–H groups in total. The van der Waals surface area contributed by atoms with Crippen LogP contribution in [0.1, 0.15) is 10.4 Å². The van der Waals surface area contributed by atoms with Crippen LogP contribution >= 0.6 is 0 Å². The van der Waals surface area contributed by atoms with Gasteiger partial charge in [0.1, 0.15) is 5.52 Å². The minimum Gasteiger partial charge on any atom is -0.378 e. The zero-order valence-corrected chi connectivity index (χ0v) is 18.0. The first-order valence-corrected chi connectivity index (χ1v) is 10.5. The number of anilines is 2. The van der Waals surface area contributed by atoms with E-state index in [9.17, 15) is 4.79 Å². The lowest BCUT2D eigenvalue weighted by molar-refractivity contribution is 0.0963. The number of carbonyl (C=O) groups excluding carboxylic acids is 1. The van der Waals surface area contributed by atoms with Crippen LogP contribution in [0.5, 0.6) is 0 Å². The average molecular weight is 442 g/mol. The highest BCUT2D eigenvalue weighted by atomic mass is 16.5. The van der Waals surface area contributed by atoms with Crippen molar-refractivity contribution < 1.29 is 9.53 Å². The van der Waals surface area contributed by atoms with Crippen LogP contribution in [0.4, 0.5) is 11.8 Å². The fourth-order valence-electron chi connectivity index (χ4n) is 3.70. The fraction of sp³-hybridized carbons (Fsp3) is 0.217. The van der Waals surface area contributed by atoms with Gasteiger partial charge in [-0.25, -0.2) is 19.9 Å². The maximum atomic E-state index is 11.8. The molecular weight excluding hydrogens is 420 g/mol. The number of nitrogens with zero attached hydrogens (tertiary/aromatic N) is 6. The molecule has 33 heavy (non-hydrogen) atoms. The van der Waals surface area contributed by atoms with Crippen molar-refractivity contribution >= 4 is 28.7 Å². The highest BCUT2D eigenvalue weighted by Gasteiger charge is 2.20. The van der Waals surface area contributed by atoms with Gasteiger partial charge >= 0.3 is 0 Å². The third-order valence-corrected chi connectivity index (χ3v) is 5.47. The number of amides is 1. The summed E-state index contributed by atoms with van der Waals surface area (Å²) in [6, 6.07) is 9.34. The number of morpholine rings is 1. The summed E-state index contributed by atoms with van der Waals surface area (Å²) in [5, 5.41) is 2.63. The van der Waals surface area contributed by atoms with Crippen molar-refractivity contribution in [2.45, 2.75) is 0 Å². The molecule has 1 amide bonds. The Morgan fingerprint density at radius 2 is 1.67 bits per heavy atom. The minimum absolute atomic E-state index is 0.128. The Balaban J connectivity index is 1.61. The lowest BCUT2D eigenvalue weighted by Gasteiger charge is -2.28. The van der Waals surface area contributed by atoms with Crippen LogP contribution in [0.25, 0.3) is 33.5 Å². The number of fused-ring (bicyclic) bond motifs is 1. The molecule has 4 heterocycles. The Kier molecular flexibility index (Phi) is 5.49. The zero-order chi connectivity index (χ0) is 22.8. The lowest BCUT2D eigenvalue weighted by Crippen LogP contribution is -2.37. The molecule has 1 aliphatic heterocycles. The number of nitrogens with one attached hydrogen (secondary N) is 1. The fourth-order valence-corrected chi connectivity index (χ4v) is 3.70. The van der Waals surface area contributed by atoms with Crippen molar-refractivity contribution in [2.75, 3.05) is 44.0 Å². The summed E-state index contributed by atoms with van der Waals surface area (Å²) in [4.78, 5) is 36.4. The van der Waals surface area contributed by atoms with E-state index < -0.39 is 0 Å². The summed E-state index contributed by atoms with van der Waals surface area (Å²) in [5.74, 6) is 1.31. The molecule has 0 saturated carbocycles. The number of pyridine rings is 1. The van der Waals surface area contributed by atoms with Crippen molar-refractivity contribution in [3.05, 3.63) is 54.5 Å². The maximum Gasteiger partial charge on any atom is 0.251 e. The molecular formula is C23H22N8O2. The molecule has 0 atom stereocenters. The summed E-state index contributed by atoms with van der Waals surface area (Å²) >= 11 is 0. The van der Waals surface area contributed by atoms with E-state index in [1.165, 1.54) is 0 Å². The van der Waals surface area contributed by atoms with Gasteiger partial charge in [0.05, 0.1) is 24.3 Å². The van der Waals surface area contributed by atoms with E-state index in [0.717, 1.165) is 16.9 Å². The van der Waals surface area contributed by atoms with Crippen LogP contribution in [0, 0.1) is 0 Å². The maximum absolute atomic E-state index is 11.8. The van der Waals surface area contributed by atoms with Crippen LogP contribution in [0.3, 0.4) is 0 Å². The Morgan fingerprint density at radius 1 is 0.970 bits per heavy atom. The molecule has 5 rings (SSSR count). The molecule has 0 unspecified atom stereocenters. The largest absolute Gasteiger partial charge is 0.378 e. The second-order valence-corrected chi connectivity index (χ2v) is 7.55. The van der Waals surface area contributed by atoms with Crippen molar-refractivity contribution in [1.82, 2.24) is 30.2 Å². The standard InChI is InChI=1S/C23H22N8O2/c1-25-22(32)15-4-2-14(3-5-15)16-10-18-19(26-11-16)21(31-6-8-33-9-7-31)30-20(29-18)17-12-27-23(24)28-13-17/h2-5,10-13H,6-9H2,1H3,(H,25,32)(H2,24,27,28). The van der Waals surface area contributed by atoms with Crippen molar-refractivity contribution in [2.24, 2.45) is 0 Å². The number of rotatable bonds is 4. The minimum atomic E-state index is -0.128. The summed E-state index contributed by atoms with van der Waals surface area (Å²) in [6.07, 6.45) is 5.03. The number of benzene rings is 1. The van der Waals surface area contributed by atoms with E-state index in [1.807, 2.05) is 18.2 Å². The number of hydrogen-bond donors (Lipinski definition) is 2. The third-order valence-electron chi connectivity index (χ3n) is 5.47. The molecule has 1 fully saturated rings. The van der Waals surface area contributed by atoms with Gasteiger partial charge in [0.25, 0.3) is 5.91 Å². The van der Waals surface area contributed by atoms with Gasteiger partial charge in [0, 0.05) is 49.9 Å². The lowest BCUT2D eigenvalue weighted by atomic mass is 10.0. The quantitative estimate of drug-likeness (QED) is 0.486. The molecule has 0 radical (unpaired) electrons. The molecule has 166 valence electrons.